The highest BCUT2D eigenvalue weighted by Gasteiger charge is 2.24. The molecule has 3 aromatic carbocycles. The molecule has 1 fully saturated rings. The third kappa shape index (κ3) is 4.35. The predicted octanol–water partition coefficient (Wildman–Crippen LogP) is 3.16. The van der Waals surface area contributed by atoms with Crippen molar-refractivity contribution in [3.05, 3.63) is 65.7 Å². The Kier molecular flexibility index (Phi) is 5.83. The molecule has 1 atom stereocenters. The van der Waals surface area contributed by atoms with Gasteiger partial charge in [0.2, 0.25) is 0 Å². The van der Waals surface area contributed by atoms with Gasteiger partial charge in [-0.2, -0.15) is 0 Å². The summed E-state index contributed by atoms with van der Waals surface area (Å²) in [6.45, 7) is 4.65. The highest BCUT2D eigenvalue weighted by Crippen LogP contribution is 2.31. The second kappa shape index (κ2) is 8.90. The Morgan fingerprint density at radius 1 is 1.00 bits per heavy atom. The van der Waals surface area contributed by atoms with Crippen LogP contribution in [0.5, 0.6) is 5.75 Å². The number of carbonyl (C=O) groups excluding carboxylic acids is 1. The van der Waals surface area contributed by atoms with Crippen molar-refractivity contribution in [3.63, 3.8) is 0 Å². The van der Waals surface area contributed by atoms with Crippen molar-refractivity contribution in [3.8, 4) is 16.9 Å². The normalized spacial score (nSPS) is 17.6. The summed E-state index contributed by atoms with van der Waals surface area (Å²) in [6, 6.07) is 18.4. The van der Waals surface area contributed by atoms with Crippen molar-refractivity contribution in [1.29, 1.82) is 0 Å². The quantitative estimate of drug-likeness (QED) is 0.648. The highest BCUT2D eigenvalue weighted by atomic mass is 16.5. The van der Waals surface area contributed by atoms with Gasteiger partial charge < -0.3 is 19.5 Å². The standard InChI is InChI=1S/C26H28N2O4/c1-27-15-22-13-20(5-7-25(22)26(27)30)19-3-2-18-4-6-24(14-21(18)12-19)32-17-23(29)16-28-8-10-31-11-9-28/h2-7,12-14,23,29H,8-11,15-17H2,1H3. The summed E-state index contributed by atoms with van der Waals surface area (Å²) in [5.41, 5.74) is 4.07. The van der Waals surface area contributed by atoms with Gasteiger partial charge in [-0.25, -0.2) is 0 Å². The Morgan fingerprint density at radius 2 is 1.75 bits per heavy atom. The average molecular weight is 433 g/mol. The van der Waals surface area contributed by atoms with E-state index in [0.717, 1.165) is 65.1 Å². The zero-order chi connectivity index (χ0) is 22.1. The Labute approximate surface area is 188 Å². The number of benzene rings is 3. The number of nitrogens with zero attached hydrogens (tertiary/aromatic N) is 2. The lowest BCUT2D eigenvalue weighted by Crippen LogP contribution is -2.42. The molecule has 0 radical (unpaired) electrons. The van der Waals surface area contributed by atoms with Crippen LogP contribution < -0.4 is 4.74 Å². The first-order valence-electron chi connectivity index (χ1n) is 11.1. The average Bonchev–Trinajstić information content (AvgIpc) is 3.10. The molecule has 1 amide bonds. The molecular formula is C26H28N2O4. The molecule has 1 saturated heterocycles. The van der Waals surface area contributed by atoms with E-state index in [9.17, 15) is 9.90 Å². The van der Waals surface area contributed by atoms with Crippen LogP contribution in [-0.4, -0.2) is 73.4 Å². The fourth-order valence-corrected chi connectivity index (χ4v) is 4.47. The van der Waals surface area contributed by atoms with Gasteiger partial charge in [0.25, 0.3) is 5.91 Å². The smallest absolute Gasteiger partial charge is 0.254 e. The molecule has 0 aliphatic carbocycles. The molecule has 3 aromatic rings. The monoisotopic (exact) mass is 432 g/mol. The fourth-order valence-electron chi connectivity index (χ4n) is 4.47. The molecule has 2 aliphatic heterocycles. The van der Waals surface area contributed by atoms with Gasteiger partial charge in [-0.15, -0.1) is 0 Å². The number of rotatable bonds is 6. The van der Waals surface area contributed by atoms with Crippen LogP contribution in [-0.2, 0) is 11.3 Å². The lowest BCUT2D eigenvalue weighted by molar-refractivity contribution is 0.00466. The largest absolute Gasteiger partial charge is 0.491 e. The SMILES string of the molecule is CN1Cc2cc(-c3ccc4ccc(OCC(O)CN5CCOCC5)cc4c3)ccc2C1=O. The molecule has 166 valence electrons. The first kappa shape index (κ1) is 20.9. The number of aliphatic hydroxyl groups excluding tert-OH is 1. The van der Waals surface area contributed by atoms with E-state index in [1.165, 1.54) is 0 Å². The van der Waals surface area contributed by atoms with E-state index in [1.807, 2.05) is 37.4 Å². The molecule has 32 heavy (non-hydrogen) atoms. The van der Waals surface area contributed by atoms with Gasteiger partial charge in [0.1, 0.15) is 18.5 Å². The van der Waals surface area contributed by atoms with Crippen LogP contribution in [0.4, 0.5) is 0 Å². The maximum absolute atomic E-state index is 12.2. The van der Waals surface area contributed by atoms with Gasteiger partial charge in [-0.05, 0) is 57.8 Å². The molecule has 2 heterocycles. The molecular weight excluding hydrogens is 404 g/mol. The van der Waals surface area contributed by atoms with Crippen LogP contribution in [0.25, 0.3) is 21.9 Å². The van der Waals surface area contributed by atoms with Crippen molar-refractivity contribution >= 4 is 16.7 Å². The summed E-state index contributed by atoms with van der Waals surface area (Å²) in [5, 5.41) is 12.6. The number of ether oxygens (including phenoxy) is 2. The van der Waals surface area contributed by atoms with Gasteiger partial charge in [-0.3, -0.25) is 9.69 Å². The van der Waals surface area contributed by atoms with E-state index in [1.54, 1.807) is 4.90 Å². The number of morpholine rings is 1. The Morgan fingerprint density at radius 3 is 2.59 bits per heavy atom. The molecule has 0 aromatic heterocycles. The van der Waals surface area contributed by atoms with Gasteiger partial charge in [0, 0.05) is 38.8 Å². The number of fused-ring (bicyclic) bond motifs is 2. The Hall–Kier alpha value is -2.93. The summed E-state index contributed by atoms with van der Waals surface area (Å²) in [7, 11) is 1.83. The van der Waals surface area contributed by atoms with Crippen LogP contribution >= 0.6 is 0 Å². The van der Waals surface area contributed by atoms with Crippen molar-refractivity contribution in [2.45, 2.75) is 12.6 Å². The van der Waals surface area contributed by atoms with E-state index in [0.29, 0.717) is 13.1 Å². The first-order chi connectivity index (χ1) is 15.6. The van der Waals surface area contributed by atoms with Crippen LogP contribution in [0.15, 0.2) is 54.6 Å². The van der Waals surface area contributed by atoms with Gasteiger partial charge in [0.15, 0.2) is 0 Å². The zero-order valence-electron chi connectivity index (χ0n) is 18.3. The Balaban J connectivity index is 1.30. The number of β-amino-alcohol motifs (C(OH)–C–C–N with tert-alkyl or cyclic N) is 1. The van der Waals surface area contributed by atoms with E-state index in [2.05, 4.69) is 29.2 Å². The minimum atomic E-state index is -0.539. The van der Waals surface area contributed by atoms with Gasteiger partial charge in [-0.1, -0.05) is 24.3 Å². The van der Waals surface area contributed by atoms with Crippen molar-refractivity contribution in [2.75, 3.05) is 46.5 Å². The van der Waals surface area contributed by atoms with E-state index >= 15 is 0 Å². The highest BCUT2D eigenvalue weighted by molar-refractivity contribution is 5.99. The van der Waals surface area contributed by atoms with Gasteiger partial charge in [0.05, 0.1) is 13.2 Å². The summed E-state index contributed by atoms with van der Waals surface area (Å²) in [4.78, 5) is 16.1. The van der Waals surface area contributed by atoms with Crippen LogP contribution in [0, 0.1) is 0 Å². The summed E-state index contributed by atoms with van der Waals surface area (Å²) in [5.74, 6) is 0.833. The number of hydrogen-bond acceptors (Lipinski definition) is 5. The van der Waals surface area contributed by atoms with Crippen molar-refractivity contribution < 1.29 is 19.4 Å². The number of hydrogen-bond donors (Lipinski definition) is 1. The molecule has 6 nitrogen and oxygen atoms in total. The second-order valence-corrected chi connectivity index (χ2v) is 8.63. The molecule has 2 aliphatic rings. The molecule has 0 saturated carbocycles. The minimum Gasteiger partial charge on any atom is -0.491 e. The van der Waals surface area contributed by atoms with Gasteiger partial charge >= 0.3 is 0 Å². The zero-order valence-corrected chi connectivity index (χ0v) is 18.3. The molecule has 0 bridgehead atoms. The molecule has 5 rings (SSSR count). The summed E-state index contributed by atoms with van der Waals surface area (Å²) in [6.07, 6.45) is -0.539. The molecule has 1 N–H and O–H groups in total. The first-order valence-corrected chi connectivity index (χ1v) is 11.1. The van der Waals surface area contributed by atoms with Crippen molar-refractivity contribution in [2.24, 2.45) is 0 Å². The lowest BCUT2D eigenvalue weighted by atomic mass is 9.98. The van der Waals surface area contributed by atoms with E-state index in [-0.39, 0.29) is 12.5 Å². The maximum Gasteiger partial charge on any atom is 0.254 e. The van der Waals surface area contributed by atoms with Crippen LogP contribution in [0.1, 0.15) is 15.9 Å². The third-order valence-corrected chi connectivity index (χ3v) is 6.25. The van der Waals surface area contributed by atoms with E-state index < -0.39 is 6.10 Å². The summed E-state index contributed by atoms with van der Waals surface area (Å²) < 4.78 is 11.2. The summed E-state index contributed by atoms with van der Waals surface area (Å²) >= 11 is 0. The molecule has 1 unspecified atom stereocenters. The predicted molar refractivity (Wildman–Crippen MR) is 124 cm³/mol. The topological polar surface area (TPSA) is 62.2 Å². The lowest BCUT2D eigenvalue weighted by Gasteiger charge is -2.28. The number of amides is 1. The minimum absolute atomic E-state index is 0.0858. The number of carbonyl (C=O) groups is 1. The van der Waals surface area contributed by atoms with Crippen LogP contribution in [0.3, 0.4) is 0 Å². The molecule has 6 heteroatoms. The molecule has 0 spiro atoms. The number of aliphatic hydroxyl groups is 1. The fraction of sp³-hybridized carbons (Fsp3) is 0.346. The second-order valence-electron chi connectivity index (χ2n) is 8.63. The van der Waals surface area contributed by atoms with Crippen molar-refractivity contribution in [1.82, 2.24) is 9.80 Å². The van der Waals surface area contributed by atoms with E-state index in [4.69, 9.17) is 9.47 Å². The van der Waals surface area contributed by atoms with Crippen LogP contribution in [0.2, 0.25) is 0 Å². The Bertz CT molecular complexity index is 1140. The maximum atomic E-state index is 12.2. The third-order valence-electron chi connectivity index (χ3n) is 6.25.